The van der Waals surface area contributed by atoms with Crippen molar-refractivity contribution in [3.05, 3.63) is 83.3 Å². The molecule has 0 bridgehead atoms. The summed E-state index contributed by atoms with van der Waals surface area (Å²) >= 11 is 0. The summed E-state index contributed by atoms with van der Waals surface area (Å²) in [6, 6.07) is 17.2. The minimum atomic E-state index is -0.188. The Morgan fingerprint density at radius 1 is 1.05 bits per heavy atom. The summed E-state index contributed by atoms with van der Waals surface area (Å²) in [5.41, 5.74) is 7.03. The molecule has 0 aliphatic rings. The van der Waals surface area contributed by atoms with Crippen LogP contribution < -0.4 is 0 Å². The average molecular weight is 294 g/mol. The molecule has 2 aromatic rings. The van der Waals surface area contributed by atoms with Crippen LogP contribution in [-0.4, -0.2) is 0 Å². The van der Waals surface area contributed by atoms with Gasteiger partial charge in [-0.2, -0.15) is 0 Å². The van der Waals surface area contributed by atoms with E-state index in [0.29, 0.717) is 0 Å². The van der Waals surface area contributed by atoms with Crippen molar-refractivity contribution in [1.29, 1.82) is 0 Å². The number of allylic oxidation sites excluding steroid dienone is 1. The number of aryl methyl sites for hydroxylation is 1. The van der Waals surface area contributed by atoms with Crippen LogP contribution in [0.3, 0.4) is 0 Å². The van der Waals surface area contributed by atoms with Crippen molar-refractivity contribution in [3.8, 4) is 0 Å². The maximum absolute atomic E-state index is 13.1. The van der Waals surface area contributed by atoms with Gasteiger partial charge in [0.15, 0.2) is 0 Å². The second-order valence-electron chi connectivity index (χ2n) is 5.46. The van der Waals surface area contributed by atoms with Gasteiger partial charge in [-0.05, 0) is 55.0 Å². The van der Waals surface area contributed by atoms with E-state index in [1.54, 1.807) is 0 Å². The molecule has 0 saturated carbocycles. The largest absolute Gasteiger partial charge is 0.207 e. The van der Waals surface area contributed by atoms with Crippen LogP contribution >= 0.6 is 0 Å². The molecule has 0 amide bonds. The quantitative estimate of drug-likeness (QED) is 0.534. The zero-order valence-corrected chi connectivity index (χ0v) is 13.2. The van der Waals surface area contributed by atoms with Gasteiger partial charge in [-0.3, -0.25) is 0 Å². The maximum Gasteiger partial charge on any atom is 0.123 e. The molecule has 22 heavy (non-hydrogen) atoms. The molecule has 1 heteroatoms. The van der Waals surface area contributed by atoms with Gasteiger partial charge in [0.1, 0.15) is 5.82 Å². The van der Waals surface area contributed by atoms with Crippen molar-refractivity contribution in [3.63, 3.8) is 0 Å². The van der Waals surface area contributed by atoms with Gasteiger partial charge in [-0.1, -0.05) is 55.8 Å². The average Bonchev–Trinajstić information content (AvgIpc) is 2.56. The van der Waals surface area contributed by atoms with Crippen molar-refractivity contribution in [2.24, 2.45) is 0 Å². The van der Waals surface area contributed by atoms with Crippen LogP contribution in [-0.2, 0) is 6.42 Å². The maximum atomic E-state index is 13.1. The summed E-state index contributed by atoms with van der Waals surface area (Å²) in [5, 5.41) is 0. The Bertz CT molecular complexity index is 617. The van der Waals surface area contributed by atoms with E-state index in [-0.39, 0.29) is 5.82 Å². The Kier molecular flexibility index (Phi) is 6.67. The molecule has 0 aliphatic carbocycles. The van der Waals surface area contributed by atoms with Gasteiger partial charge in [-0.15, -0.1) is 5.73 Å². The predicted molar refractivity (Wildman–Crippen MR) is 92.2 cm³/mol. The normalized spacial score (nSPS) is 10.1. The monoisotopic (exact) mass is 294 g/mol. The van der Waals surface area contributed by atoms with Crippen LogP contribution in [0.1, 0.15) is 43.7 Å². The zero-order valence-electron chi connectivity index (χ0n) is 13.2. The Hall–Kier alpha value is -2.11. The summed E-state index contributed by atoms with van der Waals surface area (Å²) in [6.45, 7) is 2.18. The fourth-order valence-electron chi connectivity index (χ4n) is 2.38. The van der Waals surface area contributed by atoms with Crippen LogP contribution in [0.25, 0.3) is 5.57 Å². The van der Waals surface area contributed by atoms with E-state index in [1.807, 2.05) is 18.2 Å². The third-order valence-electron chi connectivity index (χ3n) is 3.67. The Balaban J connectivity index is 2.06. The lowest BCUT2D eigenvalue weighted by atomic mass is 10.0. The number of halogens is 1. The van der Waals surface area contributed by atoms with Crippen molar-refractivity contribution < 1.29 is 4.39 Å². The van der Waals surface area contributed by atoms with Crippen molar-refractivity contribution in [2.75, 3.05) is 0 Å². The summed E-state index contributed by atoms with van der Waals surface area (Å²) in [7, 11) is 0. The minimum absolute atomic E-state index is 0.188. The first-order valence-corrected chi connectivity index (χ1v) is 8.03. The van der Waals surface area contributed by atoms with Gasteiger partial charge in [0, 0.05) is 5.57 Å². The molecular weight excluding hydrogens is 271 g/mol. The van der Waals surface area contributed by atoms with Crippen molar-refractivity contribution in [1.82, 2.24) is 0 Å². The lowest BCUT2D eigenvalue weighted by Crippen LogP contribution is -1.85. The third kappa shape index (κ3) is 5.35. The molecule has 2 aromatic carbocycles. The van der Waals surface area contributed by atoms with Gasteiger partial charge >= 0.3 is 0 Å². The molecule has 0 aliphatic heterocycles. The molecule has 0 N–H and O–H groups in total. The molecule has 0 fully saturated rings. The molecule has 0 aromatic heterocycles. The summed E-state index contributed by atoms with van der Waals surface area (Å²) in [4.78, 5) is 0. The van der Waals surface area contributed by atoms with E-state index < -0.39 is 0 Å². The van der Waals surface area contributed by atoms with Crippen LogP contribution in [0.4, 0.5) is 4.39 Å². The van der Waals surface area contributed by atoms with Crippen molar-refractivity contribution in [2.45, 2.75) is 39.0 Å². The highest BCUT2D eigenvalue weighted by molar-refractivity contribution is 5.64. The molecular formula is C21H23F. The molecule has 114 valence electrons. The first kappa shape index (κ1) is 16.3. The first-order chi connectivity index (χ1) is 10.8. The van der Waals surface area contributed by atoms with Gasteiger partial charge in [0.25, 0.3) is 0 Å². The summed E-state index contributed by atoms with van der Waals surface area (Å²) in [5.74, 6) is -0.188. The summed E-state index contributed by atoms with van der Waals surface area (Å²) < 4.78 is 13.1. The van der Waals surface area contributed by atoms with Crippen molar-refractivity contribution >= 4 is 5.57 Å². The number of benzene rings is 2. The third-order valence-corrected chi connectivity index (χ3v) is 3.67. The number of rotatable bonds is 7. The molecule has 2 rings (SSSR count). The highest BCUT2D eigenvalue weighted by Gasteiger charge is 2.01. The Morgan fingerprint density at radius 2 is 1.77 bits per heavy atom. The number of unbranched alkanes of at least 4 members (excludes halogenated alkanes) is 1. The minimum Gasteiger partial charge on any atom is -0.207 e. The molecule has 0 heterocycles. The second kappa shape index (κ2) is 9.02. The van der Waals surface area contributed by atoms with Gasteiger partial charge in [0.05, 0.1) is 0 Å². The lowest BCUT2D eigenvalue weighted by molar-refractivity contribution is 0.627. The number of hydrogen-bond donors (Lipinski definition) is 0. The van der Waals surface area contributed by atoms with E-state index in [1.165, 1.54) is 23.3 Å². The Labute approximate surface area is 133 Å². The van der Waals surface area contributed by atoms with E-state index in [2.05, 4.69) is 43.0 Å². The molecule has 0 spiro atoms. The van der Waals surface area contributed by atoms with E-state index in [0.717, 1.165) is 37.7 Å². The predicted octanol–water partition coefficient (Wildman–Crippen LogP) is 6.19. The smallest absolute Gasteiger partial charge is 0.123 e. The first-order valence-electron chi connectivity index (χ1n) is 8.03. The molecule has 0 atom stereocenters. The van der Waals surface area contributed by atoms with Crippen LogP contribution in [0, 0.1) is 5.82 Å². The standard InChI is InChI=1S/C21H23F/c1-2-3-12-19(20-14-16-21(22)17-15-20)13-8-7-11-18-9-5-4-6-10-18/h4-6,8-10,14-17H,2-3,7,11-12H2,1H3. The zero-order chi connectivity index (χ0) is 15.6. The number of hydrogen-bond acceptors (Lipinski definition) is 0. The Morgan fingerprint density at radius 3 is 2.45 bits per heavy atom. The SMILES string of the molecule is CCCCC(=C=CCCc1ccccc1)c1ccc(F)cc1. The fraction of sp³-hybridized carbons (Fsp3) is 0.286. The lowest BCUT2D eigenvalue weighted by Gasteiger charge is -2.04. The molecule has 0 unspecified atom stereocenters. The molecule has 0 saturated heterocycles. The molecule has 0 radical (unpaired) electrons. The van der Waals surface area contributed by atoms with Crippen LogP contribution in [0.2, 0.25) is 0 Å². The topological polar surface area (TPSA) is 0 Å². The van der Waals surface area contributed by atoms with Gasteiger partial charge < -0.3 is 0 Å². The van der Waals surface area contributed by atoms with Gasteiger partial charge in [0.2, 0.25) is 0 Å². The van der Waals surface area contributed by atoms with E-state index in [9.17, 15) is 4.39 Å². The molecule has 0 nitrogen and oxygen atoms in total. The highest BCUT2D eigenvalue weighted by Crippen LogP contribution is 2.20. The summed E-state index contributed by atoms with van der Waals surface area (Å²) in [6.07, 6.45) is 7.38. The van der Waals surface area contributed by atoms with Crippen LogP contribution in [0.15, 0.2) is 66.4 Å². The van der Waals surface area contributed by atoms with E-state index in [4.69, 9.17) is 0 Å². The highest BCUT2D eigenvalue weighted by atomic mass is 19.1. The van der Waals surface area contributed by atoms with Crippen LogP contribution in [0.5, 0.6) is 0 Å². The van der Waals surface area contributed by atoms with E-state index >= 15 is 0 Å². The second-order valence-corrected chi connectivity index (χ2v) is 5.46. The van der Waals surface area contributed by atoms with Gasteiger partial charge in [-0.25, -0.2) is 4.39 Å². The fourth-order valence-corrected chi connectivity index (χ4v) is 2.38.